The quantitative estimate of drug-likeness (QED) is 0.752. The van der Waals surface area contributed by atoms with E-state index in [1.54, 1.807) is 0 Å². The van der Waals surface area contributed by atoms with Gasteiger partial charge in [0.25, 0.3) is 0 Å². The zero-order valence-corrected chi connectivity index (χ0v) is 10.4. The fourth-order valence-electron chi connectivity index (χ4n) is 2.57. The second kappa shape index (κ2) is 4.63. The highest BCUT2D eigenvalue weighted by Gasteiger charge is 2.46. The van der Waals surface area contributed by atoms with E-state index in [4.69, 9.17) is 0 Å². The van der Waals surface area contributed by atoms with Gasteiger partial charge >= 0.3 is 0 Å². The molecule has 88 valence electrons. The highest BCUT2D eigenvalue weighted by molar-refractivity contribution is 8.03. The Morgan fingerprint density at radius 2 is 1.47 bits per heavy atom. The Morgan fingerprint density at radius 3 is 2.00 bits per heavy atom. The van der Waals surface area contributed by atoms with E-state index < -0.39 is 31.8 Å². The van der Waals surface area contributed by atoms with E-state index >= 15 is 0 Å². The van der Waals surface area contributed by atoms with Gasteiger partial charge in [-0.1, -0.05) is 19.3 Å². The Balaban J connectivity index is 2.18. The van der Waals surface area contributed by atoms with E-state index in [0.29, 0.717) is 24.3 Å². The van der Waals surface area contributed by atoms with E-state index in [1.165, 1.54) is 0 Å². The molecule has 1 saturated carbocycles. The monoisotopic (exact) mass is 250 g/mol. The lowest BCUT2D eigenvalue weighted by Crippen LogP contribution is -2.51. The van der Waals surface area contributed by atoms with Gasteiger partial charge in [-0.05, 0) is 19.3 Å². The molecule has 1 N–H and O–H groups in total. The van der Waals surface area contributed by atoms with Crippen LogP contribution in [0.5, 0.6) is 0 Å². The predicted octanol–water partition coefficient (Wildman–Crippen LogP) is 0.909. The minimum atomic E-state index is -1.10. The maximum Gasteiger partial charge on any atom is 0.138 e. The average molecular weight is 250 g/mol. The smallest absolute Gasteiger partial charge is 0.138 e. The normalized spacial score (nSPS) is 37.7. The lowest BCUT2D eigenvalue weighted by atomic mass is 9.86. The SMILES string of the molecule is O=[S@@]1CCC[S@@](=O)C1C1(O)CCCCC1. The number of rotatable bonds is 1. The first-order valence-electron chi connectivity index (χ1n) is 5.60. The lowest BCUT2D eigenvalue weighted by molar-refractivity contribution is 0.0180. The van der Waals surface area contributed by atoms with Gasteiger partial charge in [-0.25, -0.2) is 0 Å². The standard InChI is InChI=1S/C10H18O3S2/c11-10(5-2-1-3-6-10)9-14(12)7-4-8-15(9)13/h9,11H,1-8H2/t14-,15-/m1/s1. The molecule has 15 heavy (non-hydrogen) atoms. The number of aliphatic hydroxyl groups is 1. The minimum absolute atomic E-state index is 0.480. The first-order chi connectivity index (χ1) is 7.13. The Bertz CT molecular complexity index is 268. The molecule has 3 nitrogen and oxygen atoms in total. The van der Waals surface area contributed by atoms with Crippen molar-refractivity contribution in [2.24, 2.45) is 0 Å². The zero-order valence-electron chi connectivity index (χ0n) is 8.81. The largest absolute Gasteiger partial charge is 0.388 e. The molecule has 2 fully saturated rings. The van der Waals surface area contributed by atoms with Gasteiger partial charge in [-0.2, -0.15) is 0 Å². The van der Waals surface area contributed by atoms with Crippen LogP contribution in [0.1, 0.15) is 38.5 Å². The van der Waals surface area contributed by atoms with Gasteiger partial charge in [0.1, 0.15) is 4.58 Å². The molecule has 0 amide bonds. The van der Waals surface area contributed by atoms with Crippen molar-refractivity contribution in [1.29, 1.82) is 0 Å². The summed E-state index contributed by atoms with van der Waals surface area (Å²) in [7, 11) is -2.19. The van der Waals surface area contributed by atoms with Crippen LogP contribution in [-0.2, 0) is 21.6 Å². The molecule has 2 aliphatic rings. The van der Waals surface area contributed by atoms with Crippen molar-refractivity contribution in [3.63, 3.8) is 0 Å². The van der Waals surface area contributed by atoms with E-state index in [0.717, 1.165) is 25.7 Å². The molecule has 0 aromatic rings. The van der Waals surface area contributed by atoms with E-state index in [1.807, 2.05) is 0 Å². The van der Waals surface area contributed by atoms with Crippen molar-refractivity contribution in [1.82, 2.24) is 0 Å². The van der Waals surface area contributed by atoms with Crippen LogP contribution < -0.4 is 0 Å². The first-order valence-corrected chi connectivity index (χ1v) is 8.37. The molecule has 0 aromatic heterocycles. The van der Waals surface area contributed by atoms with E-state index in [9.17, 15) is 13.5 Å². The molecular formula is C10H18O3S2. The molecular weight excluding hydrogens is 232 g/mol. The highest BCUT2D eigenvalue weighted by Crippen LogP contribution is 2.36. The molecule has 2 atom stereocenters. The second-order valence-corrected chi connectivity index (χ2v) is 8.10. The van der Waals surface area contributed by atoms with Crippen LogP contribution in [0.2, 0.25) is 0 Å². The predicted molar refractivity (Wildman–Crippen MR) is 62.5 cm³/mol. The third kappa shape index (κ3) is 2.34. The first kappa shape index (κ1) is 11.7. The van der Waals surface area contributed by atoms with Crippen LogP contribution in [0, 0.1) is 0 Å². The van der Waals surface area contributed by atoms with Crippen molar-refractivity contribution >= 4 is 21.6 Å². The number of hydrogen-bond donors (Lipinski definition) is 1. The fourth-order valence-corrected chi connectivity index (χ4v) is 7.02. The van der Waals surface area contributed by atoms with Crippen LogP contribution in [0.15, 0.2) is 0 Å². The van der Waals surface area contributed by atoms with Crippen molar-refractivity contribution in [2.75, 3.05) is 11.5 Å². The summed E-state index contributed by atoms with van der Waals surface area (Å²) in [5.74, 6) is 1.22. The van der Waals surface area contributed by atoms with Gasteiger partial charge in [0.2, 0.25) is 0 Å². The van der Waals surface area contributed by atoms with Gasteiger partial charge < -0.3 is 5.11 Å². The van der Waals surface area contributed by atoms with Crippen molar-refractivity contribution in [2.45, 2.75) is 48.7 Å². The maximum absolute atomic E-state index is 11.9. The zero-order chi connectivity index (χ0) is 10.9. The van der Waals surface area contributed by atoms with Crippen LogP contribution in [0.4, 0.5) is 0 Å². The minimum Gasteiger partial charge on any atom is -0.388 e. The van der Waals surface area contributed by atoms with Crippen LogP contribution in [-0.4, -0.2) is 35.2 Å². The fraction of sp³-hybridized carbons (Fsp3) is 1.00. The summed E-state index contributed by atoms with van der Waals surface area (Å²) in [6, 6.07) is 0. The maximum atomic E-state index is 11.9. The summed E-state index contributed by atoms with van der Waals surface area (Å²) in [5.41, 5.74) is -0.908. The van der Waals surface area contributed by atoms with Crippen molar-refractivity contribution < 1.29 is 13.5 Å². The molecule has 0 aromatic carbocycles. The molecule has 1 aliphatic carbocycles. The van der Waals surface area contributed by atoms with Gasteiger partial charge in [0.15, 0.2) is 0 Å². The summed E-state index contributed by atoms with van der Waals surface area (Å²) >= 11 is 0. The van der Waals surface area contributed by atoms with Gasteiger partial charge in [-0.15, -0.1) is 0 Å². The third-order valence-electron chi connectivity index (χ3n) is 3.33. The Kier molecular flexibility index (Phi) is 3.63. The summed E-state index contributed by atoms with van der Waals surface area (Å²) in [6.45, 7) is 0. The third-order valence-corrected chi connectivity index (χ3v) is 7.83. The molecule has 0 unspecified atom stereocenters. The molecule has 1 heterocycles. The topological polar surface area (TPSA) is 54.4 Å². The van der Waals surface area contributed by atoms with E-state index in [-0.39, 0.29) is 0 Å². The van der Waals surface area contributed by atoms with Crippen LogP contribution in [0.3, 0.4) is 0 Å². The molecule has 0 spiro atoms. The Hall–Kier alpha value is 0.260. The molecule has 5 heteroatoms. The second-order valence-electron chi connectivity index (χ2n) is 4.52. The van der Waals surface area contributed by atoms with Crippen molar-refractivity contribution in [3.05, 3.63) is 0 Å². The summed E-state index contributed by atoms with van der Waals surface area (Å²) < 4.78 is 23.3. The molecule has 1 saturated heterocycles. The molecule has 0 bridgehead atoms. The van der Waals surface area contributed by atoms with Crippen LogP contribution >= 0.6 is 0 Å². The average Bonchev–Trinajstić information content (AvgIpc) is 2.18. The number of hydrogen-bond acceptors (Lipinski definition) is 3. The Labute approximate surface area is 95.6 Å². The highest BCUT2D eigenvalue weighted by atomic mass is 32.2. The molecule has 2 rings (SSSR count). The molecule has 0 radical (unpaired) electrons. The van der Waals surface area contributed by atoms with E-state index in [2.05, 4.69) is 0 Å². The van der Waals surface area contributed by atoms with Gasteiger partial charge in [0, 0.05) is 33.1 Å². The summed E-state index contributed by atoms with van der Waals surface area (Å²) in [4.78, 5) is 0. The Morgan fingerprint density at radius 1 is 0.933 bits per heavy atom. The van der Waals surface area contributed by atoms with Crippen molar-refractivity contribution in [3.8, 4) is 0 Å². The van der Waals surface area contributed by atoms with Gasteiger partial charge in [-0.3, -0.25) is 8.42 Å². The summed E-state index contributed by atoms with van der Waals surface area (Å²) in [5, 5.41) is 10.5. The lowest BCUT2D eigenvalue weighted by Gasteiger charge is -2.39. The van der Waals surface area contributed by atoms with Gasteiger partial charge in [0.05, 0.1) is 5.60 Å². The molecule has 1 aliphatic heterocycles. The van der Waals surface area contributed by atoms with Crippen LogP contribution in [0.25, 0.3) is 0 Å². The summed E-state index contributed by atoms with van der Waals surface area (Å²) in [6.07, 6.45) is 5.20.